The van der Waals surface area contributed by atoms with Crippen molar-refractivity contribution in [2.45, 2.75) is 44.6 Å². The van der Waals surface area contributed by atoms with Gasteiger partial charge >= 0.3 is 0 Å². The van der Waals surface area contributed by atoms with E-state index < -0.39 is 15.6 Å². The first-order valence-electron chi connectivity index (χ1n) is 12.3. The van der Waals surface area contributed by atoms with E-state index in [0.29, 0.717) is 30.9 Å². The largest absolute Gasteiger partial charge is 0.493 e. The van der Waals surface area contributed by atoms with E-state index in [1.54, 1.807) is 18.3 Å². The molecule has 4 aromatic rings. The maximum absolute atomic E-state index is 12.5. The molecule has 0 aliphatic carbocycles. The Labute approximate surface area is 216 Å². The molecule has 2 aliphatic rings. The molecule has 0 radical (unpaired) electrons. The molecule has 1 N–H and O–H groups in total. The highest BCUT2D eigenvalue weighted by Gasteiger charge is 2.42. The van der Waals surface area contributed by atoms with Crippen molar-refractivity contribution >= 4 is 21.7 Å². The van der Waals surface area contributed by atoms with Crippen LogP contribution in [0.4, 0.5) is 11.6 Å². The summed E-state index contributed by atoms with van der Waals surface area (Å²) in [5, 5.41) is 0. The third kappa shape index (κ3) is 3.70. The maximum Gasteiger partial charge on any atom is 0.241 e. The first-order chi connectivity index (χ1) is 17.7. The second kappa shape index (κ2) is 8.39. The monoisotopic (exact) mass is 516 g/mol. The van der Waals surface area contributed by atoms with Crippen molar-refractivity contribution in [2.24, 2.45) is 0 Å². The number of sulfonamides is 1. The summed E-state index contributed by atoms with van der Waals surface area (Å²) in [6.45, 7) is 8.94. The van der Waals surface area contributed by atoms with Gasteiger partial charge in [0, 0.05) is 43.3 Å². The maximum atomic E-state index is 12.5. The number of pyridine rings is 2. The molecule has 0 atom stereocenters. The van der Waals surface area contributed by atoms with Crippen molar-refractivity contribution in [3.8, 4) is 22.8 Å². The van der Waals surface area contributed by atoms with Crippen molar-refractivity contribution in [3.05, 3.63) is 71.8 Å². The number of anilines is 2. The summed E-state index contributed by atoms with van der Waals surface area (Å²) >= 11 is 0. The smallest absolute Gasteiger partial charge is 0.241 e. The quantitative estimate of drug-likeness (QED) is 0.423. The van der Waals surface area contributed by atoms with Crippen LogP contribution in [0.2, 0.25) is 0 Å². The lowest BCUT2D eigenvalue weighted by molar-refractivity contribution is 0.309. The van der Waals surface area contributed by atoms with Gasteiger partial charge in [-0.2, -0.15) is 0 Å². The molecule has 0 fully saturated rings. The molecule has 9 nitrogen and oxygen atoms in total. The number of hydrogen-bond acceptors (Lipinski definition) is 7. The Balaban J connectivity index is 1.32. The summed E-state index contributed by atoms with van der Waals surface area (Å²) in [6.07, 6.45) is 8.05. The van der Waals surface area contributed by atoms with E-state index in [1.165, 1.54) is 0 Å². The van der Waals surface area contributed by atoms with Gasteiger partial charge in [0.15, 0.2) is 5.82 Å². The van der Waals surface area contributed by atoms with E-state index in [0.717, 1.165) is 39.8 Å². The number of nitrogens with zero attached hydrogens (tertiary/aromatic N) is 5. The Morgan fingerprint density at radius 2 is 1.92 bits per heavy atom. The molecule has 0 spiro atoms. The molecular formula is C27H28N6O3S. The van der Waals surface area contributed by atoms with Gasteiger partial charge in [0.05, 0.1) is 28.3 Å². The standard InChI is InChI=1S/C27H28N6O3S/c1-5-32-25-19(24-29-12-13-33(24)23-17(2)9-11-28-26(23)32)15-18(16-30-25)10-14-36-20-7-6-8-21-22(20)27(3,4)31-37(21,34)35/h6-9,11-13,15-16,31H,5,10,14H2,1-4H3. The minimum Gasteiger partial charge on any atom is -0.493 e. The fourth-order valence-electron chi connectivity index (χ4n) is 5.32. The van der Waals surface area contributed by atoms with E-state index in [9.17, 15) is 8.42 Å². The van der Waals surface area contributed by atoms with Crippen molar-refractivity contribution in [3.63, 3.8) is 0 Å². The highest BCUT2D eigenvalue weighted by molar-refractivity contribution is 7.89. The predicted octanol–water partition coefficient (Wildman–Crippen LogP) is 4.26. The molecule has 6 rings (SSSR count). The number of ether oxygens (including phenoxy) is 1. The molecule has 0 saturated carbocycles. The minimum atomic E-state index is -3.54. The molecule has 3 aromatic heterocycles. The van der Waals surface area contributed by atoms with Crippen LogP contribution in [-0.4, -0.2) is 41.1 Å². The Kier molecular flexibility index (Phi) is 5.36. The van der Waals surface area contributed by atoms with Crippen molar-refractivity contribution in [1.29, 1.82) is 0 Å². The molecule has 0 unspecified atom stereocenters. The van der Waals surface area contributed by atoms with Gasteiger partial charge in [-0.3, -0.25) is 4.57 Å². The number of aromatic nitrogens is 4. The number of fused-ring (bicyclic) bond motifs is 6. The van der Waals surface area contributed by atoms with Crippen molar-refractivity contribution in [1.82, 2.24) is 24.2 Å². The van der Waals surface area contributed by atoms with Crippen LogP contribution in [0, 0.1) is 6.92 Å². The number of aryl methyl sites for hydroxylation is 1. The molecular weight excluding hydrogens is 488 g/mol. The third-order valence-electron chi connectivity index (χ3n) is 6.92. The lowest BCUT2D eigenvalue weighted by atomic mass is 9.95. The Bertz CT molecular complexity index is 1640. The van der Waals surface area contributed by atoms with E-state index in [1.807, 2.05) is 44.6 Å². The van der Waals surface area contributed by atoms with E-state index in [-0.39, 0.29) is 4.90 Å². The first kappa shape index (κ1) is 23.6. The van der Waals surface area contributed by atoms with Gasteiger partial charge in [-0.1, -0.05) is 6.07 Å². The van der Waals surface area contributed by atoms with Crippen LogP contribution < -0.4 is 14.4 Å². The normalized spacial score (nSPS) is 16.4. The molecule has 0 saturated heterocycles. The molecule has 37 heavy (non-hydrogen) atoms. The predicted molar refractivity (Wildman–Crippen MR) is 141 cm³/mol. The zero-order valence-corrected chi connectivity index (χ0v) is 22.0. The third-order valence-corrected chi connectivity index (χ3v) is 8.62. The first-order valence-corrected chi connectivity index (χ1v) is 13.8. The van der Waals surface area contributed by atoms with Crippen LogP contribution in [0.5, 0.6) is 5.75 Å². The van der Waals surface area contributed by atoms with Crippen LogP contribution in [0.3, 0.4) is 0 Å². The summed E-state index contributed by atoms with van der Waals surface area (Å²) in [6, 6.07) is 9.27. The van der Waals surface area contributed by atoms with E-state index in [4.69, 9.17) is 14.7 Å². The fraction of sp³-hybridized carbons (Fsp3) is 0.296. The Morgan fingerprint density at radius 1 is 1.08 bits per heavy atom. The molecule has 1 aromatic carbocycles. The van der Waals surface area contributed by atoms with Crippen molar-refractivity contribution < 1.29 is 13.2 Å². The molecule has 10 heteroatoms. The summed E-state index contributed by atoms with van der Waals surface area (Å²) in [5.74, 6) is 3.06. The van der Waals surface area contributed by atoms with Crippen LogP contribution in [0.15, 0.2) is 60.0 Å². The number of nitrogens with one attached hydrogen (secondary N) is 1. The summed E-state index contributed by atoms with van der Waals surface area (Å²) in [5.41, 5.74) is 3.97. The van der Waals surface area contributed by atoms with Gasteiger partial charge in [0.1, 0.15) is 17.4 Å². The summed E-state index contributed by atoms with van der Waals surface area (Å²) < 4.78 is 36.0. The van der Waals surface area contributed by atoms with Crippen LogP contribution in [0.1, 0.15) is 37.5 Å². The Hall–Kier alpha value is -3.76. The second-order valence-electron chi connectivity index (χ2n) is 9.84. The van der Waals surface area contributed by atoms with Gasteiger partial charge in [0.25, 0.3) is 0 Å². The topological polar surface area (TPSA) is 102 Å². The van der Waals surface area contributed by atoms with E-state index >= 15 is 0 Å². The highest BCUT2D eigenvalue weighted by Crippen LogP contribution is 2.42. The number of rotatable bonds is 5. The zero-order valence-electron chi connectivity index (χ0n) is 21.2. The number of imidazole rings is 1. The van der Waals surface area contributed by atoms with Crippen LogP contribution >= 0.6 is 0 Å². The average Bonchev–Trinajstić information content (AvgIpc) is 3.37. The van der Waals surface area contributed by atoms with Gasteiger partial charge in [0.2, 0.25) is 10.0 Å². The van der Waals surface area contributed by atoms with Crippen molar-refractivity contribution in [2.75, 3.05) is 18.1 Å². The van der Waals surface area contributed by atoms with Gasteiger partial charge < -0.3 is 9.64 Å². The fourth-order valence-corrected chi connectivity index (χ4v) is 7.09. The molecule has 0 amide bonds. The number of benzene rings is 1. The van der Waals surface area contributed by atoms with E-state index in [2.05, 4.69) is 39.1 Å². The van der Waals surface area contributed by atoms with Gasteiger partial charge in [-0.25, -0.2) is 28.1 Å². The minimum absolute atomic E-state index is 0.275. The van der Waals surface area contributed by atoms with Crippen LogP contribution in [0.25, 0.3) is 17.1 Å². The average molecular weight is 517 g/mol. The van der Waals surface area contributed by atoms with Gasteiger partial charge in [-0.15, -0.1) is 0 Å². The molecule has 5 heterocycles. The number of hydrogen-bond donors (Lipinski definition) is 1. The Morgan fingerprint density at radius 3 is 2.73 bits per heavy atom. The second-order valence-corrected chi connectivity index (χ2v) is 11.5. The summed E-state index contributed by atoms with van der Waals surface area (Å²) in [7, 11) is -3.54. The van der Waals surface area contributed by atoms with Gasteiger partial charge in [-0.05, 0) is 63.1 Å². The molecule has 0 bridgehead atoms. The lowest BCUT2D eigenvalue weighted by Gasteiger charge is -2.23. The summed E-state index contributed by atoms with van der Waals surface area (Å²) in [4.78, 5) is 16.6. The zero-order chi connectivity index (χ0) is 25.9. The highest BCUT2D eigenvalue weighted by atomic mass is 32.2. The lowest BCUT2D eigenvalue weighted by Crippen LogP contribution is -2.33. The molecule has 2 aliphatic heterocycles. The SMILES string of the molecule is CCN1c2ncc(CCOc3cccc4c3C(C)(C)NS4(=O)=O)cc2-c2nccn2-c2c(C)ccnc21. The molecule has 190 valence electrons. The van der Waals surface area contributed by atoms with Crippen LogP contribution in [-0.2, 0) is 22.0 Å².